The average molecular weight is 403 g/mol. The monoisotopic (exact) mass is 403 g/mol. The Bertz CT molecular complexity index is 920. The second-order valence-corrected chi connectivity index (χ2v) is 6.47. The van der Waals surface area contributed by atoms with Crippen LogP contribution in [0.5, 0.6) is 0 Å². The molecule has 5 N–H and O–H groups in total. The van der Waals surface area contributed by atoms with Crippen LogP contribution in [-0.2, 0) is 4.74 Å². The maximum atomic E-state index is 14.7. The van der Waals surface area contributed by atoms with Gasteiger partial charge in [-0.15, -0.1) is 5.10 Å². The van der Waals surface area contributed by atoms with Gasteiger partial charge in [0.1, 0.15) is 17.7 Å². The van der Waals surface area contributed by atoms with Crippen molar-refractivity contribution in [3.05, 3.63) is 42.3 Å². The van der Waals surface area contributed by atoms with Crippen LogP contribution in [-0.4, -0.2) is 60.5 Å². The molecule has 154 valence electrons. The van der Waals surface area contributed by atoms with Crippen LogP contribution in [0.15, 0.2) is 41.6 Å². The SMILES string of the molecule is CN(N)/C(=N\N)N(C)c1ccc(-c2ccc(N3C[C@H](CO)OC3=O)cc2F)cn1. The molecule has 1 aromatic carbocycles. The molecule has 2 aromatic rings. The molecule has 1 amide bonds. The van der Waals surface area contributed by atoms with Gasteiger partial charge in [-0.05, 0) is 30.3 Å². The van der Waals surface area contributed by atoms with E-state index in [2.05, 4.69) is 10.1 Å². The number of benzene rings is 1. The highest BCUT2D eigenvalue weighted by Crippen LogP contribution is 2.29. The highest BCUT2D eigenvalue weighted by atomic mass is 19.1. The first kappa shape index (κ1) is 20.3. The van der Waals surface area contributed by atoms with Crippen molar-refractivity contribution in [2.24, 2.45) is 16.8 Å². The number of cyclic esters (lactones) is 1. The second-order valence-electron chi connectivity index (χ2n) is 6.47. The number of hydrazone groups is 1. The molecule has 29 heavy (non-hydrogen) atoms. The van der Waals surface area contributed by atoms with Gasteiger partial charge in [-0.3, -0.25) is 14.8 Å². The molecule has 0 unspecified atom stereocenters. The third-order valence-electron chi connectivity index (χ3n) is 4.48. The number of amides is 1. The van der Waals surface area contributed by atoms with Crippen molar-refractivity contribution >= 4 is 23.6 Å². The van der Waals surface area contributed by atoms with Gasteiger partial charge < -0.3 is 15.7 Å². The van der Waals surface area contributed by atoms with Crippen molar-refractivity contribution in [1.29, 1.82) is 0 Å². The van der Waals surface area contributed by atoms with E-state index in [1.807, 2.05) is 0 Å². The fourth-order valence-corrected chi connectivity index (χ4v) is 2.99. The van der Waals surface area contributed by atoms with Crippen LogP contribution in [0.3, 0.4) is 0 Å². The summed E-state index contributed by atoms with van der Waals surface area (Å²) in [5.74, 6) is 11.3. The van der Waals surface area contributed by atoms with E-state index in [1.165, 1.54) is 22.2 Å². The van der Waals surface area contributed by atoms with Crippen molar-refractivity contribution in [3.8, 4) is 11.1 Å². The molecule has 0 radical (unpaired) electrons. The van der Waals surface area contributed by atoms with Crippen molar-refractivity contribution in [3.63, 3.8) is 0 Å². The molecule has 1 fully saturated rings. The molecule has 2 heterocycles. The molecule has 10 nitrogen and oxygen atoms in total. The highest BCUT2D eigenvalue weighted by molar-refractivity contribution is 5.94. The first-order valence-electron chi connectivity index (χ1n) is 8.70. The predicted molar refractivity (Wildman–Crippen MR) is 106 cm³/mol. The number of aliphatic hydroxyl groups is 1. The molecule has 1 atom stereocenters. The number of hydrogen-bond donors (Lipinski definition) is 3. The zero-order valence-corrected chi connectivity index (χ0v) is 16.0. The fraction of sp³-hybridized carbons (Fsp3) is 0.278. The van der Waals surface area contributed by atoms with Crippen LogP contribution >= 0.6 is 0 Å². The molecule has 1 saturated heterocycles. The number of hydrogen-bond acceptors (Lipinski definition) is 7. The molecular formula is C18H22FN7O3. The third-order valence-corrected chi connectivity index (χ3v) is 4.48. The minimum atomic E-state index is -0.618. The van der Waals surface area contributed by atoms with Crippen LogP contribution in [0.4, 0.5) is 20.7 Å². The number of pyridine rings is 1. The smallest absolute Gasteiger partial charge is 0.414 e. The summed E-state index contributed by atoms with van der Waals surface area (Å²) < 4.78 is 19.7. The maximum absolute atomic E-state index is 14.7. The number of nitrogens with two attached hydrogens (primary N) is 2. The van der Waals surface area contributed by atoms with Gasteiger partial charge in [0, 0.05) is 31.4 Å². The molecule has 3 rings (SSSR count). The largest absolute Gasteiger partial charge is 0.441 e. The molecule has 1 aliphatic heterocycles. The van der Waals surface area contributed by atoms with Gasteiger partial charge in [-0.2, -0.15) is 0 Å². The second kappa shape index (κ2) is 8.29. The molecule has 0 aliphatic carbocycles. The zero-order valence-electron chi connectivity index (χ0n) is 16.0. The van der Waals surface area contributed by atoms with Gasteiger partial charge in [-0.25, -0.2) is 20.0 Å². The Morgan fingerprint density at radius 1 is 1.41 bits per heavy atom. The summed E-state index contributed by atoms with van der Waals surface area (Å²) in [6.07, 6.45) is 0.279. The number of nitrogens with zero attached hydrogens (tertiary/aromatic N) is 5. The van der Waals surface area contributed by atoms with Gasteiger partial charge in [-0.1, -0.05) is 0 Å². The van der Waals surface area contributed by atoms with Gasteiger partial charge in [0.05, 0.1) is 18.8 Å². The number of ether oxygens (including phenoxy) is 1. The maximum Gasteiger partial charge on any atom is 0.414 e. The average Bonchev–Trinajstić information content (AvgIpc) is 3.09. The number of carbonyl (C=O) groups is 1. The Balaban J connectivity index is 1.82. The van der Waals surface area contributed by atoms with Gasteiger partial charge >= 0.3 is 6.09 Å². The van der Waals surface area contributed by atoms with Crippen LogP contribution in [0.1, 0.15) is 0 Å². The zero-order chi connectivity index (χ0) is 21.1. The normalized spacial score (nSPS) is 16.7. The van der Waals surface area contributed by atoms with Gasteiger partial charge in [0.15, 0.2) is 0 Å². The Kier molecular flexibility index (Phi) is 5.80. The lowest BCUT2D eigenvalue weighted by molar-refractivity contribution is 0.0963. The number of rotatable bonds is 4. The first-order valence-corrected chi connectivity index (χ1v) is 8.70. The Morgan fingerprint density at radius 3 is 2.69 bits per heavy atom. The number of anilines is 2. The lowest BCUT2D eigenvalue weighted by Crippen LogP contribution is -2.45. The predicted octanol–water partition coefficient (Wildman–Crippen LogP) is 0.677. The van der Waals surface area contributed by atoms with E-state index in [9.17, 15) is 9.18 Å². The number of halogens is 1. The summed E-state index contributed by atoms with van der Waals surface area (Å²) >= 11 is 0. The molecule has 0 saturated carbocycles. The van der Waals surface area contributed by atoms with E-state index >= 15 is 0 Å². The van der Waals surface area contributed by atoms with Gasteiger partial charge in [0.2, 0.25) is 5.96 Å². The van der Waals surface area contributed by atoms with Crippen LogP contribution in [0.2, 0.25) is 0 Å². The molecule has 1 aliphatic rings. The van der Waals surface area contributed by atoms with Crippen LogP contribution in [0.25, 0.3) is 11.1 Å². The lowest BCUT2D eigenvalue weighted by Gasteiger charge is -2.24. The summed E-state index contributed by atoms with van der Waals surface area (Å²) in [7, 11) is 3.29. The minimum Gasteiger partial charge on any atom is -0.441 e. The first-order chi connectivity index (χ1) is 13.8. The summed E-state index contributed by atoms with van der Waals surface area (Å²) in [5.41, 5.74) is 1.23. The van der Waals surface area contributed by atoms with E-state index < -0.39 is 18.0 Å². The Hall–Kier alpha value is -3.44. The van der Waals surface area contributed by atoms with E-state index in [1.54, 1.807) is 43.3 Å². The molecule has 11 heteroatoms. The summed E-state index contributed by atoms with van der Waals surface area (Å²) in [4.78, 5) is 19.0. The van der Waals surface area contributed by atoms with Crippen molar-refractivity contribution in [2.75, 3.05) is 37.0 Å². The lowest BCUT2D eigenvalue weighted by atomic mass is 10.1. The number of aromatic nitrogens is 1. The fourth-order valence-electron chi connectivity index (χ4n) is 2.99. The van der Waals surface area contributed by atoms with Crippen LogP contribution < -0.4 is 21.5 Å². The van der Waals surface area contributed by atoms with Crippen molar-refractivity contribution in [2.45, 2.75) is 6.10 Å². The Morgan fingerprint density at radius 2 is 2.17 bits per heavy atom. The number of carbonyl (C=O) groups excluding carboxylic acids is 1. The molecule has 0 spiro atoms. The highest BCUT2D eigenvalue weighted by Gasteiger charge is 2.32. The van der Waals surface area contributed by atoms with Crippen molar-refractivity contribution in [1.82, 2.24) is 9.99 Å². The standard InChI is InChI=1S/C18H22FN7O3/c1-24(17(23-20)25(2)21)16-6-3-11(8-22-16)14-5-4-12(7-15(14)19)26-9-13(10-27)29-18(26)28/h3-8,13,27H,9-10,20-21H2,1-2H3/b23-17-/t13-/m1/s1. The van der Waals surface area contributed by atoms with Gasteiger partial charge in [0.25, 0.3) is 0 Å². The van der Waals surface area contributed by atoms with Crippen LogP contribution in [0, 0.1) is 5.82 Å². The van der Waals surface area contributed by atoms with Crippen molar-refractivity contribution < 1.29 is 19.0 Å². The molecule has 1 aromatic heterocycles. The van der Waals surface area contributed by atoms with E-state index in [0.717, 1.165) is 0 Å². The Labute approximate surface area is 166 Å². The van der Waals surface area contributed by atoms with E-state index in [-0.39, 0.29) is 13.2 Å². The molecular weight excluding hydrogens is 381 g/mol. The summed E-state index contributed by atoms with van der Waals surface area (Å²) in [5, 5.41) is 14.0. The van der Waals surface area contributed by atoms with E-state index in [4.69, 9.17) is 21.5 Å². The topological polar surface area (TPSA) is 134 Å². The summed E-state index contributed by atoms with van der Waals surface area (Å²) in [6.45, 7) is -0.122. The number of hydrazine groups is 1. The third kappa shape index (κ3) is 4.05. The number of guanidine groups is 1. The number of aliphatic hydroxyl groups excluding tert-OH is 1. The summed E-state index contributed by atoms with van der Waals surface area (Å²) in [6, 6.07) is 7.81. The minimum absolute atomic E-state index is 0.164. The quantitative estimate of drug-likeness (QED) is 0.294. The molecule has 0 bridgehead atoms. The van der Waals surface area contributed by atoms with E-state index in [0.29, 0.717) is 28.6 Å².